The van der Waals surface area contributed by atoms with E-state index in [4.69, 9.17) is 4.74 Å². The third kappa shape index (κ3) is 4.91. The maximum Gasteiger partial charge on any atom is 0.224 e. The van der Waals surface area contributed by atoms with Crippen LogP contribution in [0.25, 0.3) is 0 Å². The van der Waals surface area contributed by atoms with E-state index in [1.54, 1.807) is 0 Å². The van der Waals surface area contributed by atoms with Gasteiger partial charge in [0.05, 0.1) is 12.8 Å². The Morgan fingerprint density at radius 1 is 1.19 bits per heavy atom. The van der Waals surface area contributed by atoms with E-state index in [1.807, 2.05) is 37.3 Å². The summed E-state index contributed by atoms with van der Waals surface area (Å²) in [5, 5.41) is 5.90. The lowest BCUT2D eigenvalue weighted by atomic mass is 10.3. The van der Waals surface area contributed by atoms with Gasteiger partial charge in [-0.15, -0.1) is 0 Å². The molecule has 0 radical (unpaired) electrons. The topological polar surface area (TPSA) is 59.1 Å². The lowest BCUT2D eigenvalue weighted by Crippen LogP contribution is -2.11. The van der Waals surface area contributed by atoms with E-state index in [9.17, 15) is 4.39 Å². The highest BCUT2D eigenvalue weighted by Gasteiger charge is 2.05. The molecule has 0 aliphatic heterocycles. The molecule has 0 spiro atoms. The maximum absolute atomic E-state index is 13.5. The van der Waals surface area contributed by atoms with E-state index in [-0.39, 0.29) is 5.82 Å². The van der Waals surface area contributed by atoms with Crippen molar-refractivity contribution in [2.45, 2.75) is 13.3 Å². The summed E-state index contributed by atoms with van der Waals surface area (Å²) >= 11 is 0. The first-order valence-corrected chi connectivity index (χ1v) is 6.97. The van der Waals surface area contributed by atoms with Crippen molar-refractivity contribution in [1.29, 1.82) is 0 Å². The van der Waals surface area contributed by atoms with Crippen molar-refractivity contribution in [3.63, 3.8) is 0 Å². The minimum absolute atomic E-state index is 0.209. The van der Waals surface area contributed by atoms with Crippen LogP contribution in [0.3, 0.4) is 0 Å². The Balaban J connectivity index is 1.74. The van der Waals surface area contributed by atoms with Crippen molar-refractivity contribution < 1.29 is 9.13 Å². The summed E-state index contributed by atoms with van der Waals surface area (Å²) in [6.07, 6.45) is 1.91. The minimum Gasteiger partial charge on any atom is -0.494 e. The molecule has 0 saturated heterocycles. The number of rotatable bonds is 8. The molecule has 2 aromatic rings. The third-order valence-electron chi connectivity index (χ3n) is 2.70. The van der Waals surface area contributed by atoms with Crippen LogP contribution in [0.2, 0.25) is 0 Å². The zero-order chi connectivity index (χ0) is 14.9. The molecule has 0 aliphatic rings. The number of benzene rings is 1. The molecule has 0 bridgehead atoms. The fraction of sp³-hybridized carbons (Fsp3) is 0.333. The van der Waals surface area contributed by atoms with Gasteiger partial charge in [0.1, 0.15) is 5.75 Å². The predicted molar refractivity (Wildman–Crippen MR) is 81.2 cm³/mol. The second-order valence-corrected chi connectivity index (χ2v) is 4.36. The minimum atomic E-state index is -0.458. The van der Waals surface area contributed by atoms with Crippen molar-refractivity contribution in [3.8, 4) is 5.75 Å². The monoisotopic (exact) mass is 290 g/mol. The van der Waals surface area contributed by atoms with Gasteiger partial charge in [-0.3, -0.25) is 0 Å². The molecule has 21 heavy (non-hydrogen) atoms. The van der Waals surface area contributed by atoms with Gasteiger partial charge in [0, 0.05) is 13.1 Å². The van der Waals surface area contributed by atoms with Crippen molar-refractivity contribution >= 4 is 11.8 Å². The van der Waals surface area contributed by atoms with Crippen LogP contribution < -0.4 is 15.4 Å². The van der Waals surface area contributed by atoms with Crippen molar-refractivity contribution in [1.82, 2.24) is 9.97 Å². The molecule has 6 heteroatoms. The number of nitrogens with zero attached hydrogens (tertiary/aromatic N) is 2. The first-order chi connectivity index (χ1) is 10.3. The molecule has 1 aromatic heterocycles. The van der Waals surface area contributed by atoms with Crippen LogP contribution in [0, 0.1) is 5.82 Å². The molecular weight excluding hydrogens is 271 g/mol. The second kappa shape index (κ2) is 8.04. The Kier molecular flexibility index (Phi) is 5.75. The number of hydrogen-bond acceptors (Lipinski definition) is 5. The average Bonchev–Trinajstić information content (AvgIpc) is 2.51. The highest BCUT2D eigenvalue weighted by molar-refractivity contribution is 5.40. The molecular formula is C15H19FN4O. The van der Waals surface area contributed by atoms with Gasteiger partial charge in [-0.25, -0.2) is 9.37 Å². The zero-order valence-corrected chi connectivity index (χ0v) is 12.0. The molecule has 0 amide bonds. The Labute approximate surface area is 123 Å². The van der Waals surface area contributed by atoms with Crippen LogP contribution in [0.15, 0.2) is 36.5 Å². The lowest BCUT2D eigenvalue weighted by Gasteiger charge is -2.09. The van der Waals surface area contributed by atoms with Crippen LogP contribution in [-0.4, -0.2) is 29.7 Å². The zero-order valence-electron chi connectivity index (χ0n) is 12.0. The predicted octanol–water partition coefficient (Wildman–Crippen LogP) is 2.93. The van der Waals surface area contributed by atoms with E-state index in [2.05, 4.69) is 20.6 Å². The first kappa shape index (κ1) is 15.0. The van der Waals surface area contributed by atoms with Crippen LogP contribution in [0.5, 0.6) is 5.75 Å². The molecule has 0 unspecified atom stereocenters. The summed E-state index contributed by atoms with van der Waals surface area (Å²) in [5.41, 5.74) is 0. The Bertz CT molecular complexity index is 551. The molecule has 0 saturated carbocycles. The SMILES string of the molecule is CCNc1ncc(F)c(NCCCOc2ccccc2)n1. The molecule has 0 aliphatic carbocycles. The van der Waals surface area contributed by atoms with Crippen molar-refractivity contribution in [2.75, 3.05) is 30.3 Å². The van der Waals surface area contributed by atoms with Gasteiger partial charge in [0.2, 0.25) is 5.95 Å². The van der Waals surface area contributed by atoms with Crippen molar-refractivity contribution in [2.24, 2.45) is 0 Å². The summed E-state index contributed by atoms with van der Waals surface area (Å²) < 4.78 is 19.1. The number of halogens is 1. The van der Waals surface area contributed by atoms with Crippen LogP contribution >= 0.6 is 0 Å². The highest BCUT2D eigenvalue weighted by Crippen LogP contribution is 2.12. The smallest absolute Gasteiger partial charge is 0.224 e. The standard InChI is InChI=1S/C15H19FN4O/c1-2-17-15-19-11-13(16)14(20-15)18-9-6-10-21-12-7-4-3-5-8-12/h3-5,7-8,11H,2,6,9-10H2,1H3,(H2,17,18,19,20). The molecule has 2 N–H and O–H groups in total. The third-order valence-corrected chi connectivity index (χ3v) is 2.70. The molecule has 5 nitrogen and oxygen atoms in total. The van der Waals surface area contributed by atoms with Crippen LogP contribution in [0.4, 0.5) is 16.2 Å². The maximum atomic E-state index is 13.5. The van der Waals surface area contributed by atoms with Crippen molar-refractivity contribution in [3.05, 3.63) is 42.3 Å². The van der Waals surface area contributed by atoms with Gasteiger partial charge in [-0.2, -0.15) is 4.98 Å². The summed E-state index contributed by atoms with van der Waals surface area (Å²) in [5.74, 6) is 1.00. The number of anilines is 2. The fourth-order valence-corrected chi connectivity index (χ4v) is 1.72. The quantitative estimate of drug-likeness (QED) is 0.732. The van der Waals surface area contributed by atoms with E-state index in [1.165, 1.54) is 0 Å². The molecule has 0 atom stereocenters. The fourth-order valence-electron chi connectivity index (χ4n) is 1.72. The van der Waals surface area contributed by atoms with E-state index < -0.39 is 5.82 Å². The Hall–Kier alpha value is -2.37. The van der Waals surface area contributed by atoms with E-state index in [0.29, 0.717) is 25.6 Å². The van der Waals surface area contributed by atoms with Gasteiger partial charge in [0.15, 0.2) is 11.6 Å². The summed E-state index contributed by atoms with van der Waals surface area (Å²) in [6, 6.07) is 9.59. The Morgan fingerprint density at radius 2 is 2.00 bits per heavy atom. The van der Waals surface area contributed by atoms with Gasteiger partial charge < -0.3 is 15.4 Å². The molecule has 112 valence electrons. The number of nitrogens with one attached hydrogen (secondary N) is 2. The molecule has 1 aromatic carbocycles. The van der Waals surface area contributed by atoms with Gasteiger partial charge >= 0.3 is 0 Å². The highest BCUT2D eigenvalue weighted by atomic mass is 19.1. The summed E-state index contributed by atoms with van der Waals surface area (Å²) in [4.78, 5) is 7.92. The van der Waals surface area contributed by atoms with Crippen LogP contribution in [-0.2, 0) is 0 Å². The number of hydrogen-bond donors (Lipinski definition) is 2. The largest absolute Gasteiger partial charge is 0.494 e. The molecule has 1 heterocycles. The molecule has 0 fully saturated rings. The lowest BCUT2D eigenvalue weighted by molar-refractivity contribution is 0.315. The Morgan fingerprint density at radius 3 is 2.76 bits per heavy atom. The second-order valence-electron chi connectivity index (χ2n) is 4.36. The van der Waals surface area contributed by atoms with Crippen LogP contribution in [0.1, 0.15) is 13.3 Å². The summed E-state index contributed by atoms with van der Waals surface area (Å²) in [7, 11) is 0. The van der Waals surface area contributed by atoms with Gasteiger partial charge in [0.25, 0.3) is 0 Å². The van der Waals surface area contributed by atoms with Gasteiger partial charge in [-0.05, 0) is 25.5 Å². The summed E-state index contributed by atoms with van der Waals surface area (Å²) in [6.45, 7) is 3.76. The normalized spacial score (nSPS) is 10.2. The van der Waals surface area contributed by atoms with E-state index in [0.717, 1.165) is 18.4 Å². The first-order valence-electron chi connectivity index (χ1n) is 6.97. The number of ether oxygens (including phenoxy) is 1. The average molecular weight is 290 g/mol. The number of aromatic nitrogens is 2. The number of para-hydroxylation sites is 1. The molecule has 2 rings (SSSR count). The van der Waals surface area contributed by atoms with Gasteiger partial charge in [-0.1, -0.05) is 18.2 Å². The van der Waals surface area contributed by atoms with E-state index >= 15 is 0 Å².